The van der Waals surface area contributed by atoms with Crippen molar-refractivity contribution in [1.82, 2.24) is 4.98 Å². The van der Waals surface area contributed by atoms with Gasteiger partial charge in [0.15, 0.2) is 0 Å². The molecule has 0 saturated carbocycles. The van der Waals surface area contributed by atoms with Gasteiger partial charge in [0, 0.05) is 23.7 Å². The van der Waals surface area contributed by atoms with Gasteiger partial charge >= 0.3 is 0 Å². The van der Waals surface area contributed by atoms with Crippen molar-refractivity contribution in [3.05, 3.63) is 42.2 Å². The molecule has 1 heterocycles. The van der Waals surface area contributed by atoms with Crippen LogP contribution in [-0.2, 0) is 6.42 Å². The molecule has 0 atom stereocenters. The van der Waals surface area contributed by atoms with Gasteiger partial charge < -0.3 is 5.73 Å². The molecule has 0 aliphatic heterocycles. The van der Waals surface area contributed by atoms with Crippen molar-refractivity contribution in [2.24, 2.45) is 5.73 Å². The molecule has 0 amide bonds. The molecule has 0 unspecified atom stereocenters. The van der Waals surface area contributed by atoms with Gasteiger partial charge in [-0.3, -0.25) is 4.98 Å². The van der Waals surface area contributed by atoms with E-state index in [1.165, 1.54) is 10.8 Å². The first kappa shape index (κ1) is 8.20. The Bertz CT molecular complexity index is 410. The Balaban J connectivity index is 2.49. The third kappa shape index (κ3) is 1.68. The smallest absolute Gasteiger partial charge is 0.0422 e. The van der Waals surface area contributed by atoms with E-state index in [0.717, 1.165) is 12.1 Å². The van der Waals surface area contributed by atoms with Crippen LogP contribution in [0.15, 0.2) is 36.5 Å². The molecular formula is C11H12N2. The van der Waals surface area contributed by atoms with Crippen LogP contribution >= 0.6 is 0 Å². The molecule has 0 radical (unpaired) electrons. The maximum Gasteiger partial charge on any atom is 0.0422 e. The van der Waals surface area contributed by atoms with Crippen molar-refractivity contribution < 1.29 is 0 Å². The van der Waals surface area contributed by atoms with Gasteiger partial charge in [0.2, 0.25) is 0 Å². The molecule has 2 rings (SSSR count). The maximum atomic E-state index is 5.46. The Morgan fingerprint density at radius 1 is 1.15 bits per heavy atom. The number of nitrogens with zero attached hydrogens (tertiary/aromatic N) is 1. The second kappa shape index (κ2) is 3.54. The minimum atomic E-state index is 0.658. The van der Waals surface area contributed by atoms with Crippen LogP contribution in [0, 0.1) is 0 Å². The monoisotopic (exact) mass is 172 g/mol. The van der Waals surface area contributed by atoms with E-state index in [1.807, 2.05) is 18.3 Å². The van der Waals surface area contributed by atoms with Crippen LogP contribution in [0.5, 0.6) is 0 Å². The summed E-state index contributed by atoms with van der Waals surface area (Å²) in [5, 5.41) is 2.42. The fourth-order valence-corrected chi connectivity index (χ4v) is 1.41. The van der Waals surface area contributed by atoms with Gasteiger partial charge in [-0.25, -0.2) is 0 Å². The molecule has 2 nitrogen and oxygen atoms in total. The van der Waals surface area contributed by atoms with Gasteiger partial charge in [-0.15, -0.1) is 0 Å². The summed E-state index contributed by atoms with van der Waals surface area (Å²) in [4.78, 5) is 4.32. The average Bonchev–Trinajstić information content (AvgIpc) is 2.18. The maximum absolute atomic E-state index is 5.46. The number of hydrogen-bond donors (Lipinski definition) is 1. The lowest BCUT2D eigenvalue weighted by Crippen LogP contribution is -2.03. The predicted octanol–water partition coefficient (Wildman–Crippen LogP) is 1.74. The molecule has 0 spiro atoms. The molecule has 1 aromatic carbocycles. The van der Waals surface area contributed by atoms with E-state index >= 15 is 0 Å². The van der Waals surface area contributed by atoms with Gasteiger partial charge in [-0.2, -0.15) is 0 Å². The molecule has 1 aromatic heterocycles. The van der Waals surface area contributed by atoms with Crippen LogP contribution in [0.3, 0.4) is 0 Å². The van der Waals surface area contributed by atoms with Crippen molar-refractivity contribution in [3.8, 4) is 0 Å². The summed E-state index contributed by atoms with van der Waals surface area (Å²) < 4.78 is 0. The van der Waals surface area contributed by atoms with E-state index in [2.05, 4.69) is 23.2 Å². The van der Waals surface area contributed by atoms with Gasteiger partial charge in [-0.05, 0) is 18.0 Å². The summed E-state index contributed by atoms with van der Waals surface area (Å²) in [6.45, 7) is 0.658. The number of hydrogen-bond acceptors (Lipinski definition) is 2. The lowest BCUT2D eigenvalue weighted by molar-refractivity contribution is 0.927. The first-order valence-corrected chi connectivity index (χ1v) is 4.44. The molecule has 66 valence electrons. The van der Waals surface area contributed by atoms with Crippen molar-refractivity contribution in [3.63, 3.8) is 0 Å². The summed E-state index contributed by atoms with van der Waals surface area (Å²) in [7, 11) is 0. The molecule has 2 aromatic rings. The predicted molar refractivity (Wildman–Crippen MR) is 54.5 cm³/mol. The number of rotatable bonds is 2. The lowest BCUT2D eigenvalue weighted by atomic mass is 10.1. The number of benzene rings is 1. The van der Waals surface area contributed by atoms with Crippen LogP contribution in [-0.4, -0.2) is 11.5 Å². The van der Waals surface area contributed by atoms with E-state index in [9.17, 15) is 0 Å². The molecule has 0 aliphatic rings. The number of pyridine rings is 1. The Hall–Kier alpha value is -1.41. The van der Waals surface area contributed by atoms with Crippen molar-refractivity contribution in [2.45, 2.75) is 6.42 Å². The standard InChI is InChI=1S/C11H12N2/c12-6-5-11-7-9-3-1-2-4-10(9)8-13-11/h1-4,7-8H,5-6,12H2. The van der Waals surface area contributed by atoms with Crippen LogP contribution in [0.1, 0.15) is 5.69 Å². The third-order valence-corrected chi connectivity index (χ3v) is 2.09. The fraction of sp³-hybridized carbons (Fsp3) is 0.182. The molecule has 0 aliphatic carbocycles. The number of fused-ring (bicyclic) bond motifs is 1. The molecule has 2 N–H and O–H groups in total. The zero-order chi connectivity index (χ0) is 9.10. The van der Waals surface area contributed by atoms with Gasteiger partial charge in [0.25, 0.3) is 0 Å². The summed E-state index contributed by atoms with van der Waals surface area (Å²) in [6, 6.07) is 10.3. The summed E-state index contributed by atoms with van der Waals surface area (Å²) in [5.41, 5.74) is 6.54. The highest BCUT2D eigenvalue weighted by Gasteiger charge is 1.95. The highest BCUT2D eigenvalue weighted by Crippen LogP contribution is 2.13. The number of nitrogens with two attached hydrogens (primary N) is 1. The largest absolute Gasteiger partial charge is 0.330 e. The zero-order valence-electron chi connectivity index (χ0n) is 7.40. The van der Waals surface area contributed by atoms with Crippen molar-refractivity contribution in [2.75, 3.05) is 6.54 Å². The second-order valence-electron chi connectivity index (χ2n) is 3.06. The van der Waals surface area contributed by atoms with E-state index in [4.69, 9.17) is 5.73 Å². The van der Waals surface area contributed by atoms with Crippen LogP contribution in [0.4, 0.5) is 0 Å². The topological polar surface area (TPSA) is 38.9 Å². The normalized spacial score (nSPS) is 10.5. The van der Waals surface area contributed by atoms with E-state index in [-0.39, 0.29) is 0 Å². The Kier molecular flexibility index (Phi) is 2.23. The quantitative estimate of drug-likeness (QED) is 0.749. The van der Waals surface area contributed by atoms with E-state index < -0.39 is 0 Å². The Morgan fingerprint density at radius 3 is 2.69 bits per heavy atom. The van der Waals surface area contributed by atoms with Gasteiger partial charge in [0.05, 0.1) is 0 Å². The Morgan fingerprint density at radius 2 is 1.92 bits per heavy atom. The highest BCUT2D eigenvalue weighted by molar-refractivity contribution is 5.81. The lowest BCUT2D eigenvalue weighted by Gasteiger charge is -2.00. The van der Waals surface area contributed by atoms with Crippen molar-refractivity contribution >= 4 is 10.8 Å². The highest BCUT2D eigenvalue weighted by atomic mass is 14.7. The molecule has 0 bridgehead atoms. The second-order valence-corrected chi connectivity index (χ2v) is 3.06. The van der Waals surface area contributed by atoms with Gasteiger partial charge in [-0.1, -0.05) is 24.3 Å². The first-order valence-electron chi connectivity index (χ1n) is 4.44. The fourth-order valence-electron chi connectivity index (χ4n) is 1.41. The SMILES string of the molecule is NCCc1cc2ccccc2cn1. The van der Waals surface area contributed by atoms with Crippen molar-refractivity contribution in [1.29, 1.82) is 0 Å². The number of aromatic nitrogens is 1. The molecule has 2 heteroatoms. The molecule has 0 fully saturated rings. The molecular weight excluding hydrogens is 160 g/mol. The Labute approximate surface area is 77.4 Å². The summed E-state index contributed by atoms with van der Waals surface area (Å²) in [5.74, 6) is 0. The minimum absolute atomic E-state index is 0.658. The molecule has 13 heavy (non-hydrogen) atoms. The van der Waals surface area contributed by atoms with E-state index in [0.29, 0.717) is 6.54 Å². The third-order valence-electron chi connectivity index (χ3n) is 2.09. The average molecular weight is 172 g/mol. The van der Waals surface area contributed by atoms with Crippen LogP contribution in [0.2, 0.25) is 0 Å². The van der Waals surface area contributed by atoms with Crippen LogP contribution in [0.25, 0.3) is 10.8 Å². The molecule has 0 saturated heterocycles. The van der Waals surface area contributed by atoms with Crippen LogP contribution < -0.4 is 5.73 Å². The van der Waals surface area contributed by atoms with Gasteiger partial charge in [0.1, 0.15) is 0 Å². The van der Waals surface area contributed by atoms with E-state index in [1.54, 1.807) is 0 Å². The zero-order valence-corrected chi connectivity index (χ0v) is 7.40. The minimum Gasteiger partial charge on any atom is -0.330 e. The first-order chi connectivity index (χ1) is 6.40. The summed E-state index contributed by atoms with van der Waals surface area (Å²) in [6.07, 6.45) is 2.76. The summed E-state index contributed by atoms with van der Waals surface area (Å²) >= 11 is 0.